The Morgan fingerprint density at radius 1 is 0.912 bits per heavy atom. The lowest BCUT2D eigenvalue weighted by Gasteiger charge is -2.12. The Morgan fingerprint density at radius 3 is 2.29 bits per heavy atom. The molecule has 1 amide bonds. The van der Waals surface area contributed by atoms with Crippen molar-refractivity contribution in [3.8, 4) is 23.0 Å². The maximum Gasteiger partial charge on any atom is 0.343 e. The molecule has 0 saturated carbocycles. The van der Waals surface area contributed by atoms with E-state index in [2.05, 4.69) is 10.5 Å². The van der Waals surface area contributed by atoms with E-state index >= 15 is 0 Å². The molecule has 0 aliphatic carbocycles. The number of ether oxygens (including phenoxy) is 3. The van der Waals surface area contributed by atoms with Crippen LogP contribution in [0.25, 0.3) is 0 Å². The van der Waals surface area contributed by atoms with Crippen LogP contribution in [0, 0.1) is 0 Å². The predicted octanol–water partition coefficient (Wildman–Crippen LogP) is 4.56. The summed E-state index contributed by atoms with van der Waals surface area (Å²) in [5, 5.41) is 13.3. The number of carbonyl (C=O) groups is 2. The molecule has 8 nitrogen and oxygen atoms in total. The molecule has 0 bridgehead atoms. The van der Waals surface area contributed by atoms with E-state index in [4.69, 9.17) is 14.2 Å². The van der Waals surface area contributed by atoms with E-state index in [1.54, 1.807) is 42.5 Å². The summed E-state index contributed by atoms with van der Waals surface area (Å²) in [5.74, 6) is 0.455. The average Bonchev–Trinajstić information content (AvgIpc) is 2.85. The van der Waals surface area contributed by atoms with Crippen LogP contribution in [0.5, 0.6) is 23.0 Å². The van der Waals surface area contributed by atoms with Gasteiger partial charge in [0.05, 0.1) is 25.0 Å². The van der Waals surface area contributed by atoms with Gasteiger partial charge in [-0.05, 0) is 85.6 Å². The standard InChI is InChI=1S/C26H26N2O6/c1-3-15-33-22-12-8-20(9-13-22)26(31)34-23-14-5-18(16-24(23)32-4-2)17-27-28-25(30)19-6-10-21(29)11-7-19/h5-14,16-17,29H,3-4,15H2,1-2H3,(H,28,30). The average molecular weight is 463 g/mol. The zero-order chi connectivity index (χ0) is 24.3. The van der Waals surface area contributed by atoms with E-state index in [1.807, 2.05) is 13.8 Å². The zero-order valence-electron chi connectivity index (χ0n) is 19.0. The van der Waals surface area contributed by atoms with Crippen LogP contribution in [0.4, 0.5) is 0 Å². The molecular weight excluding hydrogens is 436 g/mol. The molecule has 3 aromatic rings. The molecule has 0 spiro atoms. The molecule has 0 radical (unpaired) electrons. The normalized spacial score (nSPS) is 10.6. The zero-order valence-corrected chi connectivity index (χ0v) is 19.0. The summed E-state index contributed by atoms with van der Waals surface area (Å²) in [6.07, 6.45) is 2.34. The van der Waals surface area contributed by atoms with Crippen molar-refractivity contribution in [3.63, 3.8) is 0 Å². The van der Waals surface area contributed by atoms with Gasteiger partial charge in [0.2, 0.25) is 0 Å². The highest BCUT2D eigenvalue weighted by Crippen LogP contribution is 2.29. The van der Waals surface area contributed by atoms with Crippen molar-refractivity contribution in [2.24, 2.45) is 5.10 Å². The minimum atomic E-state index is -0.523. The van der Waals surface area contributed by atoms with Gasteiger partial charge in [-0.3, -0.25) is 4.79 Å². The van der Waals surface area contributed by atoms with Crippen LogP contribution in [-0.4, -0.2) is 36.4 Å². The topological polar surface area (TPSA) is 106 Å². The fraction of sp³-hybridized carbons (Fsp3) is 0.192. The Balaban J connectivity index is 1.66. The van der Waals surface area contributed by atoms with E-state index in [9.17, 15) is 14.7 Å². The molecule has 34 heavy (non-hydrogen) atoms. The van der Waals surface area contributed by atoms with Crippen LogP contribution in [0.3, 0.4) is 0 Å². The van der Waals surface area contributed by atoms with Gasteiger partial charge >= 0.3 is 5.97 Å². The summed E-state index contributed by atoms with van der Waals surface area (Å²) in [4.78, 5) is 24.7. The lowest BCUT2D eigenvalue weighted by molar-refractivity contribution is 0.0728. The van der Waals surface area contributed by atoms with Crippen molar-refractivity contribution in [2.75, 3.05) is 13.2 Å². The molecule has 3 rings (SSSR count). The molecule has 176 valence electrons. The van der Waals surface area contributed by atoms with Crippen LogP contribution >= 0.6 is 0 Å². The second-order valence-electron chi connectivity index (χ2n) is 7.15. The summed E-state index contributed by atoms with van der Waals surface area (Å²) >= 11 is 0. The highest BCUT2D eigenvalue weighted by molar-refractivity contribution is 5.95. The number of amides is 1. The smallest absolute Gasteiger partial charge is 0.343 e. The third kappa shape index (κ3) is 6.83. The van der Waals surface area contributed by atoms with Gasteiger partial charge in [0.1, 0.15) is 11.5 Å². The summed E-state index contributed by atoms with van der Waals surface area (Å²) in [7, 11) is 0. The maximum absolute atomic E-state index is 12.6. The van der Waals surface area contributed by atoms with Crippen LogP contribution in [0.1, 0.15) is 46.5 Å². The van der Waals surface area contributed by atoms with Gasteiger partial charge in [-0.2, -0.15) is 5.10 Å². The summed E-state index contributed by atoms with van der Waals surface area (Å²) in [5.41, 5.74) is 3.79. The molecule has 0 heterocycles. The molecule has 0 aliphatic heterocycles. The van der Waals surface area contributed by atoms with Gasteiger partial charge in [0.25, 0.3) is 5.91 Å². The fourth-order valence-electron chi connectivity index (χ4n) is 2.87. The SMILES string of the molecule is CCCOc1ccc(C(=O)Oc2ccc(C=NNC(=O)c3ccc(O)cc3)cc2OCC)cc1. The molecule has 3 aromatic carbocycles. The third-order valence-corrected chi connectivity index (χ3v) is 4.54. The molecule has 0 aliphatic rings. The van der Waals surface area contributed by atoms with Crippen molar-refractivity contribution in [1.29, 1.82) is 0 Å². The maximum atomic E-state index is 12.6. The summed E-state index contributed by atoms with van der Waals surface area (Å²) < 4.78 is 16.7. The first-order chi connectivity index (χ1) is 16.5. The molecule has 0 fully saturated rings. The van der Waals surface area contributed by atoms with Crippen molar-refractivity contribution < 1.29 is 28.9 Å². The Morgan fingerprint density at radius 2 is 1.62 bits per heavy atom. The van der Waals surface area contributed by atoms with E-state index in [0.29, 0.717) is 41.4 Å². The second kappa shape index (κ2) is 12.1. The number of benzene rings is 3. The van der Waals surface area contributed by atoms with Gasteiger partial charge < -0.3 is 19.3 Å². The monoisotopic (exact) mass is 462 g/mol. The van der Waals surface area contributed by atoms with Crippen molar-refractivity contribution in [3.05, 3.63) is 83.4 Å². The van der Waals surface area contributed by atoms with Gasteiger partial charge in [0.15, 0.2) is 11.5 Å². The number of nitrogens with zero attached hydrogens (tertiary/aromatic N) is 1. The second-order valence-corrected chi connectivity index (χ2v) is 7.15. The number of aromatic hydroxyl groups is 1. The fourth-order valence-corrected chi connectivity index (χ4v) is 2.87. The first-order valence-electron chi connectivity index (χ1n) is 10.8. The number of hydrogen-bond donors (Lipinski definition) is 2. The Hall–Kier alpha value is -4.33. The van der Waals surface area contributed by atoms with Crippen LogP contribution < -0.4 is 19.6 Å². The van der Waals surface area contributed by atoms with Crippen molar-refractivity contribution >= 4 is 18.1 Å². The lowest BCUT2D eigenvalue weighted by Crippen LogP contribution is -2.17. The summed E-state index contributed by atoms with van der Waals surface area (Å²) in [6, 6.07) is 17.5. The number of phenolic OH excluding ortho intramolecular Hbond substituents is 1. The van der Waals surface area contributed by atoms with Crippen molar-refractivity contribution in [2.45, 2.75) is 20.3 Å². The number of carbonyl (C=O) groups excluding carboxylic acids is 2. The van der Waals surface area contributed by atoms with Crippen molar-refractivity contribution in [1.82, 2.24) is 5.43 Å². The Kier molecular flexibility index (Phi) is 8.62. The number of nitrogens with one attached hydrogen (secondary N) is 1. The van der Waals surface area contributed by atoms with Gasteiger partial charge in [-0.15, -0.1) is 0 Å². The van der Waals surface area contributed by atoms with Crippen LogP contribution in [0.2, 0.25) is 0 Å². The van der Waals surface area contributed by atoms with Crippen LogP contribution in [-0.2, 0) is 0 Å². The number of hydrogen-bond acceptors (Lipinski definition) is 7. The van der Waals surface area contributed by atoms with E-state index in [-0.39, 0.29) is 11.5 Å². The first-order valence-corrected chi connectivity index (χ1v) is 10.8. The quantitative estimate of drug-likeness (QED) is 0.198. The molecule has 8 heteroatoms. The minimum Gasteiger partial charge on any atom is -0.508 e. The first kappa shape index (κ1) is 24.3. The largest absolute Gasteiger partial charge is 0.508 e. The van der Waals surface area contributed by atoms with E-state index in [1.165, 1.54) is 30.5 Å². The van der Waals surface area contributed by atoms with Gasteiger partial charge in [-0.1, -0.05) is 6.92 Å². The third-order valence-electron chi connectivity index (χ3n) is 4.54. The Labute approximate surface area is 197 Å². The van der Waals surface area contributed by atoms with Gasteiger partial charge in [0, 0.05) is 5.56 Å². The molecule has 0 atom stereocenters. The molecular formula is C26H26N2O6. The van der Waals surface area contributed by atoms with E-state index < -0.39 is 11.9 Å². The van der Waals surface area contributed by atoms with Gasteiger partial charge in [-0.25, -0.2) is 10.2 Å². The molecule has 2 N–H and O–H groups in total. The molecule has 0 aromatic heterocycles. The molecule has 0 saturated heterocycles. The highest BCUT2D eigenvalue weighted by atomic mass is 16.6. The number of phenols is 1. The number of hydrazone groups is 1. The number of esters is 1. The van der Waals surface area contributed by atoms with E-state index in [0.717, 1.165) is 6.42 Å². The Bertz CT molecular complexity index is 1140. The predicted molar refractivity (Wildman–Crippen MR) is 128 cm³/mol. The summed E-state index contributed by atoms with van der Waals surface area (Å²) in [6.45, 7) is 4.82. The molecule has 0 unspecified atom stereocenters. The highest BCUT2D eigenvalue weighted by Gasteiger charge is 2.13. The number of rotatable bonds is 10. The van der Waals surface area contributed by atoms with Crippen LogP contribution in [0.15, 0.2) is 71.8 Å². The lowest BCUT2D eigenvalue weighted by atomic mass is 10.2. The minimum absolute atomic E-state index is 0.0716.